The molecule has 3 aliphatic rings. The van der Waals surface area contributed by atoms with Crippen molar-refractivity contribution in [3.05, 3.63) is 53.2 Å². The van der Waals surface area contributed by atoms with Crippen molar-refractivity contribution in [1.29, 1.82) is 0 Å². The minimum absolute atomic E-state index is 0.0199. The van der Waals surface area contributed by atoms with E-state index in [9.17, 15) is 14.4 Å². The van der Waals surface area contributed by atoms with Gasteiger partial charge >= 0.3 is 0 Å². The van der Waals surface area contributed by atoms with E-state index in [4.69, 9.17) is 5.73 Å². The molecule has 3 atom stereocenters. The van der Waals surface area contributed by atoms with Crippen molar-refractivity contribution in [2.24, 2.45) is 11.8 Å². The average molecular weight is 561 g/mol. The monoisotopic (exact) mass is 560 g/mol. The molecule has 0 unspecified atom stereocenters. The van der Waals surface area contributed by atoms with Gasteiger partial charge in [-0.05, 0) is 42.2 Å². The predicted octanol–water partition coefficient (Wildman–Crippen LogP) is 4.18. The highest BCUT2D eigenvalue weighted by molar-refractivity contribution is 5.97. The van der Waals surface area contributed by atoms with Crippen molar-refractivity contribution in [3.63, 3.8) is 0 Å². The van der Waals surface area contributed by atoms with E-state index in [-0.39, 0.29) is 34.7 Å². The lowest BCUT2D eigenvalue weighted by atomic mass is 9.74. The first-order valence-electron chi connectivity index (χ1n) is 15.3. The van der Waals surface area contributed by atoms with Crippen molar-refractivity contribution in [2.75, 3.05) is 18.8 Å². The molecule has 1 saturated carbocycles. The second kappa shape index (κ2) is 12.5. The van der Waals surface area contributed by atoms with E-state index >= 15 is 0 Å². The minimum Gasteiger partial charge on any atom is -0.382 e. The van der Waals surface area contributed by atoms with E-state index in [1.165, 1.54) is 23.6 Å². The molecule has 1 aliphatic heterocycles. The first-order chi connectivity index (χ1) is 19.8. The SMILES string of the molecule is CC[C@H](C)[C@H](NC(=O)[C@H](CC1CCCCC1)NC(=O)c1cc(N)n[nH]1)C(=O)N1CCC2(C=Cc3ccccc32)CC1. The summed E-state index contributed by atoms with van der Waals surface area (Å²) in [4.78, 5) is 42.6. The van der Waals surface area contributed by atoms with Crippen LogP contribution in [0.1, 0.15) is 93.3 Å². The third kappa shape index (κ3) is 6.34. The molecule has 1 spiro atoms. The molecule has 5 N–H and O–H groups in total. The highest BCUT2D eigenvalue weighted by atomic mass is 16.2. The fourth-order valence-electron chi connectivity index (χ4n) is 6.81. The molecular formula is C32H44N6O3. The van der Waals surface area contributed by atoms with Crippen LogP contribution in [-0.4, -0.2) is 58.0 Å². The molecule has 9 nitrogen and oxygen atoms in total. The fraction of sp³-hybridized carbons (Fsp3) is 0.562. The van der Waals surface area contributed by atoms with Crippen LogP contribution in [-0.2, 0) is 15.0 Å². The summed E-state index contributed by atoms with van der Waals surface area (Å²) in [6.07, 6.45) is 13.1. The summed E-state index contributed by atoms with van der Waals surface area (Å²) < 4.78 is 0. The van der Waals surface area contributed by atoms with Crippen LogP contribution >= 0.6 is 0 Å². The van der Waals surface area contributed by atoms with E-state index in [0.29, 0.717) is 25.4 Å². The van der Waals surface area contributed by atoms with Gasteiger partial charge in [0, 0.05) is 24.6 Å². The van der Waals surface area contributed by atoms with Gasteiger partial charge in [-0.3, -0.25) is 19.5 Å². The molecule has 1 aromatic heterocycles. The number of carbonyl (C=O) groups is 3. The Balaban J connectivity index is 1.28. The first kappa shape index (κ1) is 28.9. The number of nitrogen functional groups attached to an aromatic ring is 1. The van der Waals surface area contributed by atoms with E-state index in [1.807, 2.05) is 18.7 Å². The second-order valence-electron chi connectivity index (χ2n) is 12.2. The maximum atomic E-state index is 13.9. The number of anilines is 1. The number of hydrogen-bond acceptors (Lipinski definition) is 5. The van der Waals surface area contributed by atoms with Gasteiger partial charge in [0.05, 0.1) is 0 Å². The van der Waals surface area contributed by atoms with Crippen molar-refractivity contribution < 1.29 is 14.4 Å². The molecule has 0 bridgehead atoms. The highest BCUT2D eigenvalue weighted by Crippen LogP contribution is 2.43. The van der Waals surface area contributed by atoms with Gasteiger partial charge in [-0.25, -0.2) is 0 Å². The Morgan fingerprint density at radius 2 is 1.85 bits per heavy atom. The molecule has 1 aromatic carbocycles. The number of hydrogen-bond donors (Lipinski definition) is 4. The first-order valence-corrected chi connectivity index (χ1v) is 15.3. The molecule has 3 amide bonds. The molecule has 1 saturated heterocycles. The van der Waals surface area contributed by atoms with E-state index < -0.39 is 18.0 Å². The molecule has 2 aromatic rings. The largest absolute Gasteiger partial charge is 0.382 e. The van der Waals surface area contributed by atoms with E-state index in [2.05, 4.69) is 57.2 Å². The molecular weight excluding hydrogens is 516 g/mol. The summed E-state index contributed by atoms with van der Waals surface area (Å²) in [5, 5.41) is 12.5. The van der Waals surface area contributed by atoms with Crippen LogP contribution in [0.2, 0.25) is 0 Å². The number of amides is 3. The summed E-state index contributed by atoms with van der Waals surface area (Å²) in [6.45, 7) is 5.33. The Morgan fingerprint density at radius 1 is 1.12 bits per heavy atom. The number of allylic oxidation sites excluding steroid dienone is 1. The van der Waals surface area contributed by atoms with E-state index in [1.54, 1.807) is 0 Å². The fourth-order valence-corrected chi connectivity index (χ4v) is 6.81. The smallest absolute Gasteiger partial charge is 0.270 e. The zero-order chi connectivity index (χ0) is 29.0. The molecule has 2 fully saturated rings. The zero-order valence-electron chi connectivity index (χ0n) is 24.3. The third-order valence-electron chi connectivity index (χ3n) is 9.58. The second-order valence-corrected chi connectivity index (χ2v) is 12.2. The number of nitrogens with two attached hydrogens (primary N) is 1. The van der Waals surface area contributed by atoms with Crippen LogP contribution in [0, 0.1) is 11.8 Å². The van der Waals surface area contributed by atoms with Gasteiger partial charge in [-0.15, -0.1) is 0 Å². The molecule has 220 valence electrons. The van der Waals surface area contributed by atoms with Crippen LogP contribution in [0.15, 0.2) is 36.4 Å². The van der Waals surface area contributed by atoms with E-state index in [0.717, 1.165) is 44.9 Å². The number of carbonyl (C=O) groups excluding carboxylic acids is 3. The number of likely N-dealkylation sites (tertiary alicyclic amines) is 1. The predicted molar refractivity (Wildman–Crippen MR) is 160 cm³/mol. The highest BCUT2D eigenvalue weighted by Gasteiger charge is 2.41. The summed E-state index contributed by atoms with van der Waals surface area (Å²) in [5.74, 6) is -0.260. The van der Waals surface area contributed by atoms with Crippen LogP contribution in [0.25, 0.3) is 6.08 Å². The van der Waals surface area contributed by atoms with Crippen molar-refractivity contribution in [2.45, 2.75) is 89.1 Å². The van der Waals surface area contributed by atoms with Gasteiger partial charge in [0.2, 0.25) is 11.8 Å². The number of nitrogens with one attached hydrogen (secondary N) is 3. The summed E-state index contributed by atoms with van der Waals surface area (Å²) in [7, 11) is 0. The summed E-state index contributed by atoms with van der Waals surface area (Å²) >= 11 is 0. The number of aromatic amines is 1. The van der Waals surface area contributed by atoms with Gasteiger partial charge in [0.1, 0.15) is 23.6 Å². The number of aromatic nitrogens is 2. The number of piperidine rings is 1. The number of benzene rings is 1. The van der Waals surface area contributed by atoms with Crippen molar-refractivity contribution in [3.8, 4) is 0 Å². The summed E-state index contributed by atoms with van der Waals surface area (Å²) in [6, 6.07) is 8.56. The van der Waals surface area contributed by atoms with Crippen molar-refractivity contribution >= 4 is 29.6 Å². The zero-order valence-corrected chi connectivity index (χ0v) is 24.3. The quantitative estimate of drug-likeness (QED) is 0.365. The molecule has 0 radical (unpaired) electrons. The van der Waals surface area contributed by atoms with Crippen LogP contribution in [0.4, 0.5) is 5.82 Å². The maximum absolute atomic E-state index is 13.9. The van der Waals surface area contributed by atoms with Gasteiger partial charge in [-0.1, -0.05) is 88.8 Å². The van der Waals surface area contributed by atoms with Gasteiger partial charge in [-0.2, -0.15) is 5.10 Å². The van der Waals surface area contributed by atoms with Crippen LogP contribution in [0.3, 0.4) is 0 Å². The number of H-pyrrole nitrogens is 1. The Hall–Kier alpha value is -3.62. The standard InChI is InChI=1S/C32H44N6O3/c1-3-21(2)28(31(41)38-17-15-32(16-18-38)14-13-23-11-7-8-12-24(23)32)35-29(39)25(19-22-9-5-4-6-10-22)34-30(40)26-20-27(33)37-36-26/h7-8,11-14,20-22,25,28H,3-6,9-10,15-19H2,1-2H3,(H,34,40)(H,35,39)(H3,33,36,37)/t21-,25-,28-/m0/s1. The lowest BCUT2D eigenvalue weighted by Gasteiger charge is -2.41. The van der Waals surface area contributed by atoms with Gasteiger partial charge in [0.15, 0.2) is 0 Å². The van der Waals surface area contributed by atoms with Gasteiger partial charge in [0.25, 0.3) is 5.91 Å². The Bertz CT molecular complexity index is 1270. The lowest BCUT2D eigenvalue weighted by Crippen LogP contribution is -2.58. The molecule has 9 heteroatoms. The maximum Gasteiger partial charge on any atom is 0.270 e. The number of fused-ring (bicyclic) bond motifs is 2. The average Bonchev–Trinajstić information content (AvgIpc) is 3.59. The Kier molecular flexibility index (Phi) is 8.80. The summed E-state index contributed by atoms with van der Waals surface area (Å²) in [5.41, 5.74) is 8.49. The minimum atomic E-state index is -0.751. The molecule has 41 heavy (non-hydrogen) atoms. The van der Waals surface area contributed by atoms with Crippen molar-refractivity contribution in [1.82, 2.24) is 25.7 Å². The lowest BCUT2D eigenvalue weighted by molar-refractivity contribution is -0.139. The molecule has 5 rings (SSSR count). The Labute approximate surface area is 242 Å². The third-order valence-corrected chi connectivity index (χ3v) is 9.58. The number of nitrogens with zero attached hydrogens (tertiary/aromatic N) is 2. The Morgan fingerprint density at radius 3 is 2.54 bits per heavy atom. The molecule has 2 aliphatic carbocycles. The number of rotatable bonds is 9. The van der Waals surface area contributed by atoms with Crippen LogP contribution < -0.4 is 16.4 Å². The normalized spacial score (nSPS) is 20.3. The topological polar surface area (TPSA) is 133 Å². The molecule has 2 heterocycles. The van der Waals surface area contributed by atoms with Gasteiger partial charge < -0.3 is 21.3 Å². The van der Waals surface area contributed by atoms with Crippen LogP contribution in [0.5, 0.6) is 0 Å².